The van der Waals surface area contributed by atoms with E-state index in [9.17, 15) is 19.0 Å². The highest BCUT2D eigenvalue weighted by molar-refractivity contribution is 5.89. The average Bonchev–Trinajstić information content (AvgIpc) is 3.21. The van der Waals surface area contributed by atoms with E-state index in [0.29, 0.717) is 33.8 Å². The number of rotatable bonds is 6. The van der Waals surface area contributed by atoms with E-state index in [1.165, 1.54) is 9.08 Å². The number of fused-ring (bicyclic) bond motifs is 2. The van der Waals surface area contributed by atoms with E-state index in [2.05, 4.69) is 30.7 Å². The zero-order chi connectivity index (χ0) is 21.6. The number of aromatic nitrogens is 6. The van der Waals surface area contributed by atoms with Gasteiger partial charge in [0.2, 0.25) is 11.9 Å². The van der Waals surface area contributed by atoms with Crippen molar-refractivity contribution in [3.05, 3.63) is 30.2 Å². The van der Waals surface area contributed by atoms with Crippen molar-refractivity contribution in [3.8, 4) is 11.3 Å². The van der Waals surface area contributed by atoms with E-state index in [1.54, 1.807) is 38.4 Å². The topological polar surface area (TPSA) is 125 Å². The van der Waals surface area contributed by atoms with Crippen molar-refractivity contribution in [2.45, 2.75) is 32.7 Å². The predicted molar refractivity (Wildman–Crippen MR) is 106 cm³/mol. The first-order valence-corrected chi connectivity index (χ1v) is 9.09. The minimum absolute atomic E-state index is 0.154. The second kappa shape index (κ2) is 7.15. The number of hydrogen-bond acceptors (Lipinski definition) is 8. The highest BCUT2D eigenvalue weighted by Crippen LogP contribution is 2.31. The van der Waals surface area contributed by atoms with Crippen molar-refractivity contribution in [2.24, 2.45) is 0 Å². The van der Waals surface area contributed by atoms with Crippen LogP contribution in [0.4, 0.5) is 20.5 Å². The van der Waals surface area contributed by atoms with Gasteiger partial charge in [0, 0.05) is 25.7 Å². The molecule has 0 amide bonds. The fraction of sp³-hybridized carbons (Fsp3) is 0.333. The van der Waals surface area contributed by atoms with Crippen LogP contribution in [0.15, 0.2) is 24.4 Å². The van der Waals surface area contributed by atoms with Crippen LogP contribution in [0.5, 0.6) is 0 Å². The molecule has 4 aromatic heterocycles. The van der Waals surface area contributed by atoms with Crippen LogP contribution in [0.2, 0.25) is 0 Å². The lowest BCUT2D eigenvalue weighted by molar-refractivity contribution is -0.119. The first-order chi connectivity index (χ1) is 14.2. The molecule has 4 aromatic rings. The zero-order valence-corrected chi connectivity index (χ0v) is 16.4. The third-order valence-electron chi connectivity index (χ3n) is 4.47. The predicted octanol–water partition coefficient (Wildman–Crippen LogP) is 1.83. The summed E-state index contributed by atoms with van der Waals surface area (Å²) in [5.41, 5.74) is 2.33. The minimum atomic E-state index is -2.54. The van der Waals surface area contributed by atoms with Gasteiger partial charge >= 0.3 is 0 Å². The Hall–Kier alpha value is -3.38. The highest BCUT2D eigenvalue weighted by Gasteiger charge is 2.22. The number of imidazole rings is 1. The molecule has 0 bridgehead atoms. The van der Waals surface area contributed by atoms with Crippen molar-refractivity contribution in [3.63, 3.8) is 0 Å². The van der Waals surface area contributed by atoms with E-state index in [1.807, 2.05) is 0 Å². The van der Waals surface area contributed by atoms with Crippen molar-refractivity contribution in [1.82, 2.24) is 29.1 Å². The molecule has 0 spiro atoms. The van der Waals surface area contributed by atoms with E-state index in [0.717, 1.165) is 6.92 Å². The molecule has 0 atom stereocenters. The van der Waals surface area contributed by atoms with Crippen molar-refractivity contribution < 1.29 is 19.0 Å². The summed E-state index contributed by atoms with van der Waals surface area (Å²) in [7, 11) is 1.63. The van der Waals surface area contributed by atoms with Crippen LogP contribution in [-0.4, -0.2) is 58.7 Å². The molecule has 0 saturated heterocycles. The Morgan fingerprint density at radius 2 is 1.93 bits per heavy atom. The molecular weight excluding hydrogens is 398 g/mol. The smallest absolute Gasteiger partial charge is 0.256 e. The molecule has 0 fully saturated rings. The Balaban J connectivity index is 1.92. The molecule has 158 valence electrons. The minimum Gasteiger partial charge on any atom is -0.356 e. The third-order valence-corrected chi connectivity index (χ3v) is 4.47. The molecule has 0 aliphatic heterocycles. The molecule has 10 nitrogen and oxygen atoms in total. The van der Waals surface area contributed by atoms with Crippen LogP contribution < -0.4 is 10.6 Å². The second-order valence-electron chi connectivity index (χ2n) is 6.90. The first-order valence-electron chi connectivity index (χ1n) is 9.09. The maximum absolute atomic E-state index is 13.0. The van der Waals surface area contributed by atoms with Gasteiger partial charge in [0.15, 0.2) is 11.5 Å². The van der Waals surface area contributed by atoms with Gasteiger partial charge in [-0.1, -0.05) is 0 Å². The highest BCUT2D eigenvalue weighted by atomic mass is 19.3. The van der Waals surface area contributed by atoms with Gasteiger partial charge in [-0.2, -0.15) is 4.98 Å². The molecule has 12 heteroatoms. The molecule has 0 aliphatic carbocycles. The number of aliphatic hydroxyl groups is 2. The molecular formula is C18H20F2N8O2. The largest absolute Gasteiger partial charge is 0.356 e. The normalized spacial score (nSPS) is 12.3. The summed E-state index contributed by atoms with van der Waals surface area (Å²) in [4.78, 5) is 13.1. The summed E-state index contributed by atoms with van der Waals surface area (Å²) >= 11 is 0. The number of hydrogen-bond donors (Lipinski definition) is 4. The van der Waals surface area contributed by atoms with Crippen LogP contribution >= 0.6 is 0 Å². The molecule has 0 saturated carbocycles. The van der Waals surface area contributed by atoms with Crippen LogP contribution in [0.25, 0.3) is 27.9 Å². The summed E-state index contributed by atoms with van der Waals surface area (Å²) in [6.07, 6.45) is -0.879. The van der Waals surface area contributed by atoms with Crippen LogP contribution in [0, 0.1) is 6.92 Å². The number of anilines is 2. The Labute approximate surface area is 169 Å². The molecule has 30 heavy (non-hydrogen) atoms. The second-order valence-corrected chi connectivity index (χ2v) is 6.90. The SMILES string of the molecule is CNc1nc(NC(C)(O)O)c2c(-c3ccc4nc(C)n(CC(F)F)c4n3)ccn2n1. The first kappa shape index (κ1) is 19.9. The van der Waals surface area contributed by atoms with Crippen LogP contribution in [0.3, 0.4) is 0 Å². The van der Waals surface area contributed by atoms with Crippen molar-refractivity contribution in [1.29, 1.82) is 0 Å². The van der Waals surface area contributed by atoms with Crippen LogP contribution in [0.1, 0.15) is 12.7 Å². The van der Waals surface area contributed by atoms with Gasteiger partial charge in [-0.3, -0.25) is 0 Å². The van der Waals surface area contributed by atoms with Gasteiger partial charge in [-0.05, 0) is 25.1 Å². The van der Waals surface area contributed by atoms with Gasteiger partial charge in [-0.25, -0.2) is 23.3 Å². The number of nitrogens with one attached hydrogen (secondary N) is 2. The lowest BCUT2D eigenvalue weighted by Gasteiger charge is -2.19. The lowest BCUT2D eigenvalue weighted by atomic mass is 10.1. The molecule has 0 aromatic carbocycles. The molecule has 0 aliphatic rings. The summed E-state index contributed by atoms with van der Waals surface area (Å²) in [6.45, 7) is 2.29. The molecule has 4 rings (SSSR count). The standard InChI is InChI=1S/C18H20F2N8O2/c1-9-22-12-5-4-11(23-16(12)27(9)8-13(19)20)10-6-7-28-14(10)15(25-18(2,29)30)24-17(21-3)26-28/h4-7,13,29-30H,8H2,1-3H3,(H2,21,24,25,26). The Bertz CT molecular complexity index is 1230. The maximum Gasteiger partial charge on any atom is 0.256 e. The van der Waals surface area contributed by atoms with Gasteiger partial charge in [0.1, 0.15) is 16.9 Å². The lowest BCUT2D eigenvalue weighted by Crippen LogP contribution is -2.34. The molecule has 0 unspecified atom stereocenters. The maximum atomic E-state index is 13.0. The van der Waals surface area contributed by atoms with Crippen molar-refractivity contribution >= 4 is 28.4 Å². The number of pyridine rings is 1. The monoisotopic (exact) mass is 418 g/mol. The van der Waals surface area contributed by atoms with E-state index in [-0.39, 0.29) is 11.8 Å². The van der Waals surface area contributed by atoms with Gasteiger partial charge in [0.05, 0.1) is 12.2 Å². The molecule has 4 heterocycles. The Morgan fingerprint density at radius 3 is 2.60 bits per heavy atom. The Kier molecular flexibility index (Phi) is 4.74. The fourth-order valence-electron chi connectivity index (χ4n) is 3.27. The van der Waals surface area contributed by atoms with Gasteiger partial charge in [0.25, 0.3) is 6.43 Å². The summed E-state index contributed by atoms with van der Waals surface area (Å²) < 4.78 is 28.9. The number of aryl methyl sites for hydroxylation is 1. The average molecular weight is 418 g/mol. The van der Waals surface area contributed by atoms with Gasteiger partial charge in [-0.15, -0.1) is 5.10 Å². The van der Waals surface area contributed by atoms with Crippen LogP contribution in [-0.2, 0) is 6.54 Å². The van der Waals surface area contributed by atoms with Crippen molar-refractivity contribution in [2.75, 3.05) is 17.7 Å². The molecule has 0 radical (unpaired) electrons. The number of alkyl halides is 2. The quantitative estimate of drug-likeness (QED) is 0.350. The van der Waals surface area contributed by atoms with Gasteiger partial charge < -0.3 is 25.4 Å². The summed E-state index contributed by atoms with van der Waals surface area (Å²) in [5, 5.41) is 29.3. The van der Waals surface area contributed by atoms with E-state index in [4.69, 9.17) is 0 Å². The fourth-order valence-corrected chi connectivity index (χ4v) is 3.27. The summed E-state index contributed by atoms with van der Waals surface area (Å²) in [6, 6.07) is 5.15. The molecule has 4 N–H and O–H groups in total. The Morgan fingerprint density at radius 1 is 1.17 bits per heavy atom. The number of halogens is 2. The van der Waals surface area contributed by atoms with E-state index >= 15 is 0 Å². The summed E-state index contributed by atoms with van der Waals surface area (Å²) in [5.74, 6) is -1.38. The number of nitrogens with zero attached hydrogens (tertiary/aromatic N) is 6. The zero-order valence-electron chi connectivity index (χ0n) is 16.4. The van der Waals surface area contributed by atoms with E-state index < -0.39 is 18.9 Å². The third kappa shape index (κ3) is 3.62.